The van der Waals surface area contributed by atoms with Gasteiger partial charge in [-0.1, -0.05) is 23.2 Å². The maximum atomic E-state index is 12.3. The number of hydrogen-bond donors (Lipinski definition) is 0. The Labute approximate surface area is 116 Å². The van der Waals surface area contributed by atoms with Crippen molar-refractivity contribution in [3.8, 4) is 0 Å². The molecule has 3 heteroatoms. The van der Waals surface area contributed by atoms with Crippen molar-refractivity contribution in [2.75, 3.05) is 0 Å². The van der Waals surface area contributed by atoms with Gasteiger partial charge in [0.25, 0.3) is 0 Å². The van der Waals surface area contributed by atoms with Crippen molar-refractivity contribution < 1.29 is 4.79 Å². The van der Waals surface area contributed by atoms with Crippen molar-refractivity contribution in [2.24, 2.45) is 0 Å². The van der Waals surface area contributed by atoms with E-state index in [1.165, 1.54) is 0 Å². The van der Waals surface area contributed by atoms with Gasteiger partial charge in [-0.2, -0.15) is 0 Å². The summed E-state index contributed by atoms with van der Waals surface area (Å²) < 4.78 is 0. The maximum Gasteiger partial charge on any atom is 0.193 e. The summed E-state index contributed by atoms with van der Waals surface area (Å²) >= 11 is 11.9. The summed E-state index contributed by atoms with van der Waals surface area (Å²) in [5, 5.41) is 1.33. The molecule has 0 fully saturated rings. The molecule has 0 aliphatic rings. The monoisotopic (exact) mass is 278 g/mol. The first kappa shape index (κ1) is 13.1. The van der Waals surface area contributed by atoms with Crippen molar-refractivity contribution in [3.05, 3.63) is 68.7 Å². The van der Waals surface area contributed by atoms with E-state index in [9.17, 15) is 4.79 Å². The molecule has 1 nitrogen and oxygen atoms in total. The summed E-state index contributed by atoms with van der Waals surface area (Å²) in [5.74, 6) is -0.0190. The van der Waals surface area contributed by atoms with Gasteiger partial charge in [0.1, 0.15) is 0 Å². The van der Waals surface area contributed by atoms with Crippen molar-refractivity contribution in [1.29, 1.82) is 0 Å². The molecule has 0 radical (unpaired) electrons. The summed E-state index contributed by atoms with van der Waals surface area (Å²) in [7, 11) is 0. The molecule has 0 unspecified atom stereocenters. The molecule has 0 heterocycles. The van der Waals surface area contributed by atoms with Crippen LogP contribution in [-0.4, -0.2) is 5.78 Å². The van der Waals surface area contributed by atoms with E-state index in [2.05, 4.69) is 0 Å². The number of aryl methyl sites for hydroxylation is 2. The lowest BCUT2D eigenvalue weighted by Crippen LogP contribution is -2.02. The van der Waals surface area contributed by atoms with Crippen LogP contribution in [-0.2, 0) is 0 Å². The van der Waals surface area contributed by atoms with Crippen LogP contribution in [0.1, 0.15) is 27.0 Å². The molecular formula is C15H12Cl2O. The van der Waals surface area contributed by atoms with Gasteiger partial charge in [0.15, 0.2) is 5.78 Å². The molecule has 0 N–H and O–H groups in total. The molecular weight excluding hydrogens is 267 g/mol. The van der Waals surface area contributed by atoms with Crippen molar-refractivity contribution in [1.82, 2.24) is 0 Å². The first-order valence-corrected chi connectivity index (χ1v) is 6.31. The van der Waals surface area contributed by atoms with Gasteiger partial charge in [-0.05, 0) is 61.4 Å². The van der Waals surface area contributed by atoms with Gasteiger partial charge in [0.2, 0.25) is 0 Å². The van der Waals surface area contributed by atoms with Crippen LogP contribution in [0.15, 0.2) is 36.4 Å². The SMILES string of the molecule is Cc1cc(C(=O)c2ccc(Cl)c(C)c2)ccc1Cl. The Morgan fingerprint density at radius 1 is 0.833 bits per heavy atom. The molecule has 0 aromatic heterocycles. The largest absolute Gasteiger partial charge is 0.289 e. The van der Waals surface area contributed by atoms with E-state index in [0.29, 0.717) is 21.2 Å². The third-order valence-corrected chi connectivity index (χ3v) is 3.69. The van der Waals surface area contributed by atoms with Crippen molar-refractivity contribution >= 4 is 29.0 Å². The summed E-state index contributed by atoms with van der Waals surface area (Å²) in [6.07, 6.45) is 0. The van der Waals surface area contributed by atoms with E-state index in [1.807, 2.05) is 13.8 Å². The zero-order chi connectivity index (χ0) is 13.3. The molecule has 0 atom stereocenters. The highest BCUT2D eigenvalue weighted by atomic mass is 35.5. The van der Waals surface area contributed by atoms with Gasteiger partial charge in [0, 0.05) is 21.2 Å². The Hall–Kier alpha value is -1.31. The summed E-state index contributed by atoms with van der Waals surface area (Å²) in [6, 6.07) is 10.6. The molecule has 0 aliphatic carbocycles. The molecule has 2 aromatic rings. The van der Waals surface area contributed by atoms with E-state index in [-0.39, 0.29) is 5.78 Å². The lowest BCUT2D eigenvalue weighted by atomic mass is 10.0. The molecule has 0 saturated heterocycles. The Morgan fingerprint density at radius 3 is 1.56 bits per heavy atom. The second kappa shape index (κ2) is 5.13. The second-order valence-electron chi connectivity index (χ2n) is 4.26. The van der Waals surface area contributed by atoms with Crippen LogP contribution in [0.2, 0.25) is 10.0 Å². The third kappa shape index (κ3) is 2.58. The van der Waals surface area contributed by atoms with Crippen LogP contribution >= 0.6 is 23.2 Å². The molecule has 2 rings (SSSR count). The topological polar surface area (TPSA) is 17.1 Å². The minimum Gasteiger partial charge on any atom is -0.289 e. The highest BCUT2D eigenvalue weighted by molar-refractivity contribution is 6.32. The minimum absolute atomic E-state index is 0.0190. The third-order valence-electron chi connectivity index (χ3n) is 2.84. The van der Waals surface area contributed by atoms with Crippen LogP contribution in [0.3, 0.4) is 0 Å². The van der Waals surface area contributed by atoms with E-state index < -0.39 is 0 Å². The van der Waals surface area contributed by atoms with Crippen LogP contribution in [0, 0.1) is 13.8 Å². The molecule has 0 aliphatic heterocycles. The average molecular weight is 279 g/mol. The normalized spacial score (nSPS) is 10.4. The number of hydrogen-bond acceptors (Lipinski definition) is 1. The number of ketones is 1. The van der Waals surface area contributed by atoms with Crippen molar-refractivity contribution in [2.45, 2.75) is 13.8 Å². The molecule has 0 saturated carbocycles. The van der Waals surface area contributed by atoms with E-state index in [1.54, 1.807) is 36.4 Å². The van der Waals surface area contributed by atoms with Gasteiger partial charge in [-0.25, -0.2) is 0 Å². The Balaban J connectivity index is 2.41. The zero-order valence-electron chi connectivity index (χ0n) is 10.1. The van der Waals surface area contributed by atoms with Gasteiger partial charge < -0.3 is 0 Å². The maximum absolute atomic E-state index is 12.3. The van der Waals surface area contributed by atoms with E-state index in [4.69, 9.17) is 23.2 Å². The number of halogens is 2. The second-order valence-corrected chi connectivity index (χ2v) is 5.07. The van der Waals surface area contributed by atoms with Crippen LogP contribution in [0.25, 0.3) is 0 Å². The Morgan fingerprint density at radius 2 is 1.22 bits per heavy atom. The smallest absolute Gasteiger partial charge is 0.193 e. The minimum atomic E-state index is -0.0190. The van der Waals surface area contributed by atoms with Gasteiger partial charge in [0.05, 0.1) is 0 Å². The standard InChI is InChI=1S/C15H12Cl2O/c1-9-7-11(3-5-13(9)16)15(18)12-4-6-14(17)10(2)8-12/h3-8H,1-2H3. The average Bonchev–Trinajstić information content (AvgIpc) is 2.35. The summed E-state index contributed by atoms with van der Waals surface area (Å²) in [4.78, 5) is 12.3. The lowest BCUT2D eigenvalue weighted by Gasteiger charge is -2.05. The molecule has 18 heavy (non-hydrogen) atoms. The van der Waals surface area contributed by atoms with E-state index >= 15 is 0 Å². The van der Waals surface area contributed by atoms with Gasteiger partial charge in [-0.15, -0.1) is 0 Å². The highest BCUT2D eigenvalue weighted by Gasteiger charge is 2.11. The Bertz CT molecular complexity index is 564. The number of benzene rings is 2. The van der Waals surface area contributed by atoms with Gasteiger partial charge >= 0.3 is 0 Å². The predicted octanol–water partition coefficient (Wildman–Crippen LogP) is 4.84. The predicted molar refractivity (Wildman–Crippen MR) is 75.8 cm³/mol. The highest BCUT2D eigenvalue weighted by Crippen LogP contribution is 2.21. The first-order chi connectivity index (χ1) is 8.49. The molecule has 2 aromatic carbocycles. The number of rotatable bonds is 2. The van der Waals surface area contributed by atoms with Crippen LogP contribution in [0.5, 0.6) is 0 Å². The zero-order valence-corrected chi connectivity index (χ0v) is 11.6. The van der Waals surface area contributed by atoms with Crippen molar-refractivity contribution in [3.63, 3.8) is 0 Å². The fourth-order valence-electron chi connectivity index (χ4n) is 1.74. The summed E-state index contributed by atoms with van der Waals surface area (Å²) in [6.45, 7) is 3.76. The Kier molecular flexibility index (Phi) is 3.74. The first-order valence-electron chi connectivity index (χ1n) is 5.56. The lowest BCUT2D eigenvalue weighted by molar-refractivity contribution is 0.103. The van der Waals surface area contributed by atoms with Crippen LogP contribution in [0.4, 0.5) is 0 Å². The van der Waals surface area contributed by atoms with Crippen LogP contribution < -0.4 is 0 Å². The quantitative estimate of drug-likeness (QED) is 0.719. The number of carbonyl (C=O) groups is 1. The molecule has 0 amide bonds. The molecule has 0 spiro atoms. The number of carbonyl (C=O) groups excluding carboxylic acids is 1. The van der Waals surface area contributed by atoms with Gasteiger partial charge in [-0.3, -0.25) is 4.79 Å². The molecule has 0 bridgehead atoms. The fourth-order valence-corrected chi connectivity index (χ4v) is 1.97. The molecule has 92 valence electrons. The van der Waals surface area contributed by atoms with E-state index in [0.717, 1.165) is 11.1 Å². The summed E-state index contributed by atoms with van der Waals surface area (Å²) in [5.41, 5.74) is 3.07. The fraction of sp³-hybridized carbons (Fsp3) is 0.133.